The lowest BCUT2D eigenvalue weighted by Gasteiger charge is -2.15. The Hall–Kier alpha value is -1.03. The van der Waals surface area contributed by atoms with Crippen molar-refractivity contribution in [1.29, 1.82) is 0 Å². The summed E-state index contributed by atoms with van der Waals surface area (Å²) >= 11 is 0. The summed E-state index contributed by atoms with van der Waals surface area (Å²) in [6.45, 7) is 6.20. The van der Waals surface area contributed by atoms with Crippen LogP contribution in [0, 0.1) is 5.92 Å². The maximum atomic E-state index is 12.1. The quantitative estimate of drug-likeness (QED) is 0.823. The Bertz CT molecular complexity index is 404. The van der Waals surface area contributed by atoms with Crippen molar-refractivity contribution in [3.05, 3.63) is 23.8 Å². The first-order valence-corrected chi connectivity index (χ1v) is 7.13. The van der Waals surface area contributed by atoms with Gasteiger partial charge in [0, 0.05) is 21.8 Å². The normalized spacial score (nSPS) is 14.6. The summed E-state index contributed by atoms with van der Waals surface area (Å²) in [7, 11) is 0.729. The van der Waals surface area contributed by atoms with Crippen LogP contribution in [0.3, 0.4) is 0 Å². The van der Waals surface area contributed by atoms with Crippen molar-refractivity contribution in [2.45, 2.75) is 31.8 Å². The lowest BCUT2D eigenvalue weighted by atomic mass is 10.2. The second-order valence-corrected chi connectivity index (χ2v) is 6.34. The Morgan fingerprint density at radius 3 is 2.47 bits per heavy atom. The zero-order valence-electron chi connectivity index (χ0n) is 10.9. The minimum atomic E-state index is -0.859. The molecule has 0 radical (unpaired) electrons. The number of hydrogen-bond acceptors (Lipinski definition) is 3. The molecule has 0 aliphatic heterocycles. The topological polar surface area (TPSA) is 52.3 Å². The fraction of sp³-hybridized carbons (Fsp3) is 0.538. The lowest BCUT2D eigenvalue weighted by Crippen LogP contribution is -2.19. The van der Waals surface area contributed by atoms with Crippen molar-refractivity contribution in [3.63, 3.8) is 0 Å². The predicted molar refractivity (Wildman–Crippen MR) is 73.6 cm³/mol. The molecular formula is C13H21NO2S. The molecule has 1 rings (SSSR count). The van der Waals surface area contributed by atoms with Crippen LogP contribution >= 0.6 is 0 Å². The van der Waals surface area contributed by atoms with E-state index in [1.165, 1.54) is 0 Å². The van der Waals surface area contributed by atoms with Crippen molar-refractivity contribution in [2.24, 2.45) is 5.92 Å². The van der Waals surface area contributed by atoms with E-state index in [0.29, 0.717) is 23.1 Å². The molecule has 2 unspecified atom stereocenters. The van der Waals surface area contributed by atoms with Crippen LogP contribution in [0.25, 0.3) is 0 Å². The number of hydrogen-bond donors (Lipinski definition) is 1. The first kappa shape index (κ1) is 14.0. The Balaban J connectivity index is 2.76. The summed E-state index contributed by atoms with van der Waals surface area (Å²) in [6, 6.07) is 5.58. The van der Waals surface area contributed by atoms with Crippen LogP contribution in [0.2, 0.25) is 0 Å². The molecule has 3 nitrogen and oxygen atoms in total. The number of rotatable bonds is 5. The molecule has 0 saturated heterocycles. The van der Waals surface area contributed by atoms with Gasteiger partial charge in [-0.15, -0.1) is 0 Å². The van der Waals surface area contributed by atoms with Gasteiger partial charge in [-0.25, -0.2) is 0 Å². The highest BCUT2D eigenvalue weighted by Crippen LogP contribution is 2.23. The molecule has 2 atom stereocenters. The monoisotopic (exact) mass is 255 g/mol. The molecule has 17 heavy (non-hydrogen) atoms. The van der Waals surface area contributed by atoms with E-state index in [1.54, 1.807) is 7.11 Å². The number of methoxy groups -OCH3 is 1. The van der Waals surface area contributed by atoms with Crippen molar-refractivity contribution >= 4 is 16.5 Å². The predicted octanol–water partition coefficient (Wildman–Crippen LogP) is 2.57. The summed E-state index contributed by atoms with van der Waals surface area (Å²) < 4.78 is 17.1. The number of ether oxygens (including phenoxy) is 1. The van der Waals surface area contributed by atoms with Crippen molar-refractivity contribution in [3.8, 4) is 5.75 Å². The van der Waals surface area contributed by atoms with Gasteiger partial charge in [0.1, 0.15) is 5.75 Å². The van der Waals surface area contributed by atoms with E-state index in [-0.39, 0.29) is 5.25 Å². The largest absolute Gasteiger partial charge is 0.495 e. The van der Waals surface area contributed by atoms with Gasteiger partial charge >= 0.3 is 0 Å². The van der Waals surface area contributed by atoms with Gasteiger partial charge in [-0.1, -0.05) is 26.8 Å². The summed E-state index contributed by atoms with van der Waals surface area (Å²) in [5.74, 6) is 1.64. The van der Waals surface area contributed by atoms with Crippen molar-refractivity contribution in [2.75, 3.05) is 12.8 Å². The molecule has 96 valence electrons. The van der Waals surface area contributed by atoms with Gasteiger partial charge in [0.2, 0.25) is 0 Å². The third kappa shape index (κ3) is 3.73. The average Bonchev–Trinajstić information content (AvgIpc) is 2.28. The molecule has 0 aliphatic rings. The smallest absolute Gasteiger partial charge is 0.141 e. The third-order valence-corrected chi connectivity index (χ3v) is 4.95. The molecule has 1 aromatic rings. The maximum absolute atomic E-state index is 12.1. The van der Waals surface area contributed by atoms with E-state index in [1.807, 2.05) is 25.1 Å². The Kier molecular flexibility index (Phi) is 5.00. The highest BCUT2D eigenvalue weighted by Gasteiger charge is 2.15. The van der Waals surface area contributed by atoms with Crippen LogP contribution in [0.15, 0.2) is 18.2 Å². The Morgan fingerprint density at radius 1 is 1.35 bits per heavy atom. The van der Waals surface area contributed by atoms with Gasteiger partial charge in [-0.05, 0) is 23.6 Å². The summed E-state index contributed by atoms with van der Waals surface area (Å²) in [5.41, 5.74) is 7.41. The number of benzene rings is 1. The lowest BCUT2D eigenvalue weighted by molar-refractivity contribution is 0.417. The van der Waals surface area contributed by atoms with Gasteiger partial charge < -0.3 is 10.5 Å². The zero-order valence-corrected chi connectivity index (χ0v) is 11.7. The van der Waals surface area contributed by atoms with Crippen LogP contribution in [0.4, 0.5) is 5.69 Å². The minimum Gasteiger partial charge on any atom is -0.495 e. The highest BCUT2D eigenvalue weighted by molar-refractivity contribution is 7.84. The molecule has 0 amide bonds. The second kappa shape index (κ2) is 6.05. The Labute approximate surface area is 106 Å². The highest BCUT2D eigenvalue weighted by atomic mass is 32.2. The number of nitrogens with two attached hydrogens (primary N) is 1. The van der Waals surface area contributed by atoms with Gasteiger partial charge in [0.25, 0.3) is 0 Å². The van der Waals surface area contributed by atoms with Crippen LogP contribution in [0.5, 0.6) is 5.75 Å². The molecule has 0 aliphatic carbocycles. The molecule has 0 aromatic heterocycles. The maximum Gasteiger partial charge on any atom is 0.141 e. The Morgan fingerprint density at radius 2 is 2.00 bits per heavy atom. The first-order valence-electron chi connectivity index (χ1n) is 5.75. The van der Waals surface area contributed by atoms with Crippen LogP contribution in [-0.4, -0.2) is 16.6 Å². The minimum absolute atomic E-state index is 0.193. The molecule has 4 heteroatoms. The average molecular weight is 255 g/mol. The zero-order chi connectivity index (χ0) is 13.0. The van der Waals surface area contributed by atoms with E-state index < -0.39 is 10.8 Å². The van der Waals surface area contributed by atoms with Crippen LogP contribution in [0.1, 0.15) is 26.3 Å². The SMILES string of the molecule is COc1ccc(CS(=O)C(C)C(C)C)cc1N. The van der Waals surface area contributed by atoms with Crippen molar-refractivity contribution < 1.29 is 8.95 Å². The standard InChI is InChI=1S/C13H21NO2S/c1-9(2)10(3)17(15)8-11-5-6-13(16-4)12(14)7-11/h5-7,9-10H,8,14H2,1-4H3. The van der Waals surface area contributed by atoms with Gasteiger partial charge in [0.15, 0.2) is 0 Å². The molecule has 1 aromatic carbocycles. The number of anilines is 1. The van der Waals surface area contributed by atoms with Gasteiger partial charge in [-0.2, -0.15) is 0 Å². The van der Waals surface area contributed by atoms with Gasteiger partial charge in [0.05, 0.1) is 12.8 Å². The van der Waals surface area contributed by atoms with Crippen LogP contribution < -0.4 is 10.5 Å². The molecule has 2 N–H and O–H groups in total. The van der Waals surface area contributed by atoms with E-state index in [9.17, 15) is 4.21 Å². The van der Waals surface area contributed by atoms with E-state index >= 15 is 0 Å². The molecule has 0 fully saturated rings. The van der Waals surface area contributed by atoms with Gasteiger partial charge in [-0.3, -0.25) is 4.21 Å². The third-order valence-electron chi connectivity index (χ3n) is 2.96. The van der Waals surface area contributed by atoms with Crippen LogP contribution in [-0.2, 0) is 16.6 Å². The molecule has 0 heterocycles. The van der Waals surface area contributed by atoms with E-state index in [4.69, 9.17) is 10.5 Å². The fourth-order valence-electron chi connectivity index (χ4n) is 1.47. The van der Waals surface area contributed by atoms with Crippen molar-refractivity contribution in [1.82, 2.24) is 0 Å². The summed E-state index contributed by atoms with van der Waals surface area (Å²) in [5, 5.41) is 0.193. The fourth-order valence-corrected chi connectivity index (χ4v) is 2.85. The molecule has 0 saturated carbocycles. The van der Waals surface area contributed by atoms with E-state index in [0.717, 1.165) is 5.56 Å². The molecular weight excluding hydrogens is 234 g/mol. The first-order chi connectivity index (χ1) is 7.95. The molecule has 0 spiro atoms. The van der Waals surface area contributed by atoms with E-state index in [2.05, 4.69) is 13.8 Å². The summed E-state index contributed by atoms with van der Waals surface area (Å²) in [6.07, 6.45) is 0. The summed E-state index contributed by atoms with van der Waals surface area (Å²) in [4.78, 5) is 0. The number of nitrogen functional groups attached to an aromatic ring is 1. The molecule has 0 bridgehead atoms. The second-order valence-electron chi connectivity index (χ2n) is 4.55.